The molecule has 0 fully saturated rings. The van der Waals surface area contributed by atoms with Crippen LogP contribution in [0.2, 0.25) is 0 Å². The molecule has 142 valence electrons. The number of rotatable bonds is 5. The van der Waals surface area contributed by atoms with Crippen LogP contribution in [-0.4, -0.2) is 19.4 Å². The highest BCUT2D eigenvalue weighted by Crippen LogP contribution is 2.26. The fraction of sp³-hybridized carbons (Fsp3) is 0.235. The zero-order valence-corrected chi connectivity index (χ0v) is 16.1. The summed E-state index contributed by atoms with van der Waals surface area (Å²) in [6.45, 7) is 0.246. The lowest BCUT2D eigenvalue weighted by molar-refractivity contribution is -0.274. The lowest BCUT2D eigenvalue weighted by Crippen LogP contribution is -2.36. The average Bonchev–Trinajstić information content (AvgIpc) is 2.56. The average molecular weight is 483 g/mol. The van der Waals surface area contributed by atoms with Gasteiger partial charge in [0.25, 0.3) is 0 Å². The Morgan fingerprint density at radius 1 is 0.962 bits per heavy atom. The Hall–Kier alpha value is -2.04. The predicted octanol–water partition coefficient (Wildman–Crippen LogP) is 4.21. The SMILES string of the molecule is CN=C(NCc1ccccc1F)NCc1ccccc1OC(F)(F)F.I. The lowest BCUT2D eigenvalue weighted by Gasteiger charge is -2.15. The standard InChI is InChI=1S/C17H17F4N3O.HI/c1-22-16(23-10-12-6-2-4-8-14(12)18)24-11-13-7-3-5-9-15(13)25-17(19,20)21;/h2-9H,10-11H2,1H3,(H2,22,23,24);1H. The summed E-state index contributed by atoms with van der Waals surface area (Å²) >= 11 is 0. The summed E-state index contributed by atoms with van der Waals surface area (Å²) in [6, 6.07) is 12.1. The first-order chi connectivity index (χ1) is 11.9. The molecule has 0 aliphatic rings. The van der Waals surface area contributed by atoms with E-state index in [4.69, 9.17) is 0 Å². The highest BCUT2D eigenvalue weighted by atomic mass is 127. The second-order valence-corrected chi connectivity index (χ2v) is 5.03. The van der Waals surface area contributed by atoms with Crippen molar-refractivity contribution in [2.45, 2.75) is 19.5 Å². The Labute approximate surface area is 165 Å². The number of aliphatic imine (C=N–C) groups is 1. The van der Waals surface area contributed by atoms with Gasteiger partial charge >= 0.3 is 6.36 Å². The number of guanidine groups is 1. The molecule has 9 heteroatoms. The Morgan fingerprint density at radius 3 is 2.08 bits per heavy atom. The third-order valence-corrected chi connectivity index (χ3v) is 3.27. The number of nitrogens with one attached hydrogen (secondary N) is 2. The minimum Gasteiger partial charge on any atom is -0.405 e. The fourth-order valence-electron chi connectivity index (χ4n) is 2.09. The monoisotopic (exact) mass is 483 g/mol. The molecule has 0 spiro atoms. The Balaban J connectivity index is 0.00000338. The topological polar surface area (TPSA) is 45.7 Å². The first-order valence-electron chi connectivity index (χ1n) is 7.40. The van der Waals surface area contributed by atoms with Crippen LogP contribution in [0, 0.1) is 5.82 Å². The first kappa shape index (κ1) is 22.0. The summed E-state index contributed by atoms with van der Waals surface area (Å²) in [5, 5.41) is 5.77. The van der Waals surface area contributed by atoms with Crippen molar-refractivity contribution in [2.75, 3.05) is 7.05 Å². The molecule has 0 unspecified atom stereocenters. The molecule has 0 atom stereocenters. The van der Waals surface area contributed by atoms with Crippen LogP contribution < -0.4 is 15.4 Å². The molecule has 0 saturated heterocycles. The summed E-state index contributed by atoms with van der Waals surface area (Å²) in [5.41, 5.74) is 0.764. The van der Waals surface area contributed by atoms with E-state index >= 15 is 0 Å². The molecular formula is C17H18F4IN3O. The van der Waals surface area contributed by atoms with Gasteiger partial charge in [-0.15, -0.1) is 37.1 Å². The highest BCUT2D eigenvalue weighted by molar-refractivity contribution is 14.0. The molecule has 0 bridgehead atoms. The second-order valence-electron chi connectivity index (χ2n) is 5.03. The van der Waals surface area contributed by atoms with E-state index in [1.54, 1.807) is 24.3 Å². The van der Waals surface area contributed by atoms with E-state index in [2.05, 4.69) is 20.4 Å². The van der Waals surface area contributed by atoms with Crippen LogP contribution in [0.3, 0.4) is 0 Å². The van der Waals surface area contributed by atoms with E-state index in [9.17, 15) is 17.6 Å². The molecule has 0 saturated carbocycles. The molecule has 0 aliphatic heterocycles. The Bertz CT molecular complexity index is 738. The molecule has 26 heavy (non-hydrogen) atoms. The van der Waals surface area contributed by atoms with E-state index in [-0.39, 0.29) is 48.6 Å². The second kappa shape index (κ2) is 10.2. The normalized spacial score (nSPS) is 11.5. The number of halogens is 5. The maximum atomic E-state index is 13.6. The van der Waals surface area contributed by atoms with Crippen LogP contribution in [0.4, 0.5) is 17.6 Å². The van der Waals surface area contributed by atoms with Gasteiger partial charge in [0.15, 0.2) is 5.96 Å². The summed E-state index contributed by atoms with van der Waals surface area (Å²) < 4.78 is 54.8. The van der Waals surface area contributed by atoms with Gasteiger partial charge in [-0.05, 0) is 12.1 Å². The van der Waals surface area contributed by atoms with Gasteiger partial charge in [-0.3, -0.25) is 4.99 Å². The van der Waals surface area contributed by atoms with E-state index in [1.165, 1.54) is 31.3 Å². The van der Waals surface area contributed by atoms with Crippen molar-refractivity contribution in [3.63, 3.8) is 0 Å². The zero-order chi connectivity index (χ0) is 18.3. The van der Waals surface area contributed by atoms with Crippen molar-refractivity contribution in [3.8, 4) is 5.75 Å². The van der Waals surface area contributed by atoms with Crippen LogP contribution in [0.5, 0.6) is 5.75 Å². The van der Waals surface area contributed by atoms with Crippen molar-refractivity contribution in [1.82, 2.24) is 10.6 Å². The lowest BCUT2D eigenvalue weighted by atomic mass is 10.2. The summed E-state index contributed by atoms with van der Waals surface area (Å²) in [5.74, 6) is -0.313. The Morgan fingerprint density at radius 2 is 1.50 bits per heavy atom. The number of para-hydroxylation sites is 1. The number of hydrogen-bond donors (Lipinski definition) is 2. The molecule has 4 nitrogen and oxygen atoms in total. The number of nitrogens with zero attached hydrogens (tertiary/aromatic N) is 1. The maximum absolute atomic E-state index is 13.6. The minimum atomic E-state index is -4.76. The van der Waals surface area contributed by atoms with Crippen LogP contribution in [0.15, 0.2) is 53.5 Å². The molecule has 0 aromatic heterocycles. The maximum Gasteiger partial charge on any atom is 0.573 e. The number of hydrogen-bond acceptors (Lipinski definition) is 2. The minimum absolute atomic E-state index is 0. The molecule has 0 radical (unpaired) electrons. The van der Waals surface area contributed by atoms with Crippen LogP contribution in [-0.2, 0) is 13.1 Å². The predicted molar refractivity (Wildman–Crippen MR) is 102 cm³/mol. The van der Waals surface area contributed by atoms with Gasteiger partial charge in [0.05, 0.1) is 0 Å². The van der Waals surface area contributed by atoms with Gasteiger partial charge in [0.2, 0.25) is 0 Å². The van der Waals surface area contributed by atoms with Crippen molar-refractivity contribution in [1.29, 1.82) is 0 Å². The van der Waals surface area contributed by atoms with Gasteiger partial charge < -0.3 is 15.4 Å². The molecular weight excluding hydrogens is 465 g/mol. The molecule has 2 aromatic carbocycles. The third kappa shape index (κ3) is 7.06. The summed E-state index contributed by atoms with van der Waals surface area (Å²) in [4.78, 5) is 3.96. The van der Waals surface area contributed by atoms with Crippen molar-refractivity contribution < 1.29 is 22.3 Å². The molecule has 2 aromatic rings. The van der Waals surface area contributed by atoms with Gasteiger partial charge in [0.1, 0.15) is 11.6 Å². The van der Waals surface area contributed by atoms with Crippen molar-refractivity contribution in [3.05, 3.63) is 65.5 Å². The number of benzene rings is 2. The smallest absolute Gasteiger partial charge is 0.405 e. The largest absolute Gasteiger partial charge is 0.573 e. The van der Waals surface area contributed by atoms with Crippen molar-refractivity contribution >= 4 is 29.9 Å². The number of ether oxygens (including phenoxy) is 1. The van der Waals surface area contributed by atoms with Crippen LogP contribution in [0.25, 0.3) is 0 Å². The van der Waals surface area contributed by atoms with Gasteiger partial charge in [0, 0.05) is 31.3 Å². The number of alkyl halides is 3. The summed E-state index contributed by atoms with van der Waals surface area (Å²) in [6.07, 6.45) is -4.76. The molecule has 2 rings (SSSR count). The Kier molecular flexibility index (Phi) is 8.62. The van der Waals surface area contributed by atoms with Crippen LogP contribution in [0.1, 0.15) is 11.1 Å². The fourth-order valence-corrected chi connectivity index (χ4v) is 2.09. The first-order valence-corrected chi connectivity index (χ1v) is 7.40. The van der Waals surface area contributed by atoms with E-state index in [0.29, 0.717) is 17.1 Å². The third-order valence-electron chi connectivity index (χ3n) is 3.27. The van der Waals surface area contributed by atoms with Gasteiger partial charge in [-0.2, -0.15) is 0 Å². The van der Waals surface area contributed by atoms with Crippen molar-refractivity contribution in [2.24, 2.45) is 4.99 Å². The molecule has 0 aliphatic carbocycles. The summed E-state index contributed by atoms with van der Waals surface area (Å²) in [7, 11) is 1.51. The quantitative estimate of drug-likeness (QED) is 0.290. The molecule has 2 N–H and O–H groups in total. The molecule has 0 amide bonds. The van der Waals surface area contributed by atoms with Gasteiger partial charge in [-0.25, -0.2) is 4.39 Å². The van der Waals surface area contributed by atoms with Crippen LogP contribution >= 0.6 is 24.0 Å². The van der Waals surface area contributed by atoms with Gasteiger partial charge in [-0.1, -0.05) is 36.4 Å². The van der Waals surface area contributed by atoms with E-state index in [0.717, 1.165) is 0 Å². The zero-order valence-electron chi connectivity index (χ0n) is 13.8. The van der Waals surface area contributed by atoms with E-state index in [1.807, 2.05) is 0 Å². The molecule has 0 heterocycles. The van der Waals surface area contributed by atoms with E-state index < -0.39 is 6.36 Å². The highest BCUT2D eigenvalue weighted by Gasteiger charge is 2.31.